The first-order chi connectivity index (χ1) is 9.42. The van der Waals surface area contributed by atoms with Crippen molar-refractivity contribution < 1.29 is 17.6 Å². The topological polar surface area (TPSA) is 81.4 Å². The van der Waals surface area contributed by atoms with Crippen molar-refractivity contribution in [1.29, 1.82) is 0 Å². The molecule has 0 aliphatic rings. The minimum Gasteiger partial charge on any atom is -0.497 e. The number of nitrogens with zero attached hydrogens (tertiary/aromatic N) is 1. The summed E-state index contributed by atoms with van der Waals surface area (Å²) in [6.45, 7) is 3.48. The Bertz CT molecular complexity index is 707. The second-order valence-corrected chi connectivity index (χ2v) is 6.06. The lowest BCUT2D eigenvalue weighted by atomic mass is 10.2. The van der Waals surface area contributed by atoms with Crippen molar-refractivity contribution in [3.05, 3.63) is 41.6 Å². The van der Waals surface area contributed by atoms with E-state index in [9.17, 15) is 8.42 Å². The third-order valence-corrected chi connectivity index (χ3v) is 4.32. The SMILES string of the molecule is COc1ccc(S(=O)(=O)NCc2ncc(C)o2)c(C)c1. The highest BCUT2D eigenvalue weighted by Gasteiger charge is 2.17. The molecule has 0 bridgehead atoms. The number of hydrogen-bond acceptors (Lipinski definition) is 5. The van der Waals surface area contributed by atoms with Crippen LogP contribution in [0.15, 0.2) is 33.7 Å². The predicted molar refractivity (Wildman–Crippen MR) is 73.0 cm³/mol. The van der Waals surface area contributed by atoms with Crippen molar-refractivity contribution in [1.82, 2.24) is 9.71 Å². The quantitative estimate of drug-likeness (QED) is 0.909. The molecular weight excluding hydrogens is 280 g/mol. The van der Waals surface area contributed by atoms with Gasteiger partial charge in [-0.1, -0.05) is 0 Å². The van der Waals surface area contributed by atoms with Gasteiger partial charge < -0.3 is 9.15 Å². The maximum Gasteiger partial charge on any atom is 0.241 e. The first-order valence-corrected chi connectivity index (χ1v) is 7.46. The predicted octanol–water partition coefficient (Wildman–Crippen LogP) is 1.78. The number of oxazole rings is 1. The third-order valence-electron chi connectivity index (χ3n) is 2.75. The summed E-state index contributed by atoms with van der Waals surface area (Å²) in [7, 11) is -2.08. The number of ether oxygens (including phenoxy) is 1. The van der Waals surface area contributed by atoms with Gasteiger partial charge >= 0.3 is 0 Å². The molecule has 0 radical (unpaired) electrons. The van der Waals surface area contributed by atoms with Crippen LogP contribution >= 0.6 is 0 Å². The molecule has 0 saturated carbocycles. The van der Waals surface area contributed by atoms with E-state index in [1.54, 1.807) is 32.2 Å². The summed E-state index contributed by atoms with van der Waals surface area (Å²) in [5.41, 5.74) is 0.612. The normalized spacial score (nSPS) is 11.6. The second-order valence-electron chi connectivity index (χ2n) is 4.32. The Kier molecular flexibility index (Phi) is 4.10. The monoisotopic (exact) mass is 296 g/mol. The van der Waals surface area contributed by atoms with Gasteiger partial charge in [0.1, 0.15) is 11.5 Å². The third kappa shape index (κ3) is 3.17. The zero-order valence-electron chi connectivity index (χ0n) is 11.5. The number of benzene rings is 1. The van der Waals surface area contributed by atoms with Gasteiger partial charge in [-0.15, -0.1) is 0 Å². The summed E-state index contributed by atoms with van der Waals surface area (Å²) in [6.07, 6.45) is 1.54. The molecule has 1 N–H and O–H groups in total. The van der Waals surface area contributed by atoms with Gasteiger partial charge in [-0.2, -0.15) is 0 Å². The van der Waals surface area contributed by atoms with Crippen LogP contribution in [0.4, 0.5) is 0 Å². The second kappa shape index (κ2) is 5.64. The van der Waals surface area contributed by atoms with Gasteiger partial charge in [-0.05, 0) is 37.6 Å². The summed E-state index contributed by atoms with van der Waals surface area (Å²) in [4.78, 5) is 4.16. The van der Waals surface area contributed by atoms with Crippen LogP contribution in [0.25, 0.3) is 0 Å². The summed E-state index contributed by atoms with van der Waals surface area (Å²) in [5, 5.41) is 0. The van der Waals surface area contributed by atoms with Gasteiger partial charge in [-0.3, -0.25) is 0 Å². The maximum atomic E-state index is 12.2. The van der Waals surface area contributed by atoms with Crippen molar-refractivity contribution in [2.75, 3.05) is 7.11 Å². The van der Waals surface area contributed by atoms with E-state index < -0.39 is 10.0 Å². The molecule has 0 fully saturated rings. The van der Waals surface area contributed by atoms with Gasteiger partial charge in [-0.25, -0.2) is 18.1 Å². The molecule has 0 amide bonds. The summed E-state index contributed by atoms with van der Waals surface area (Å²) < 4.78 is 37.2. The molecule has 20 heavy (non-hydrogen) atoms. The molecule has 7 heteroatoms. The molecule has 2 rings (SSSR count). The van der Waals surface area contributed by atoms with E-state index >= 15 is 0 Å². The minimum absolute atomic E-state index is 0.0155. The van der Waals surface area contributed by atoms with E-state index in [4.69, 9.17) is 9.15 Å². The van der Waals surface area contributed by atoms with E-state index in [1.165, 1.54) is 13.2 Å². The molecular formula is C13H16N2O4S. The molecule has 108 valence electrons. The Morgan fingerprint density at radius 2 is 2.10 bits per heavy atom. The summed E-state index contributed by atoms with van der Waals surface area (Å²) >= 11 is 0. The average Bonchev–Trinajstić information content (AvgIpc) is 2.82. The zero-order valence-corrected chi connectivity index (χ0v) is 12.3. The lowest BCUT2D eigenvalue weighted by Crippen LogP contribution is -2.24. The van der Waals surface area contributed by atoms with Gasteiger partial charge in [0.15, 0.2) is 0 Å². The number of methoxy groups -OCH3 is 1. The van der Waals surface area contributed by atoms with Crippen LogP contribution in [-0.4, -0.2) is 20.5 Å². The van der Waals surface area contributed by atoms with E-state index in [0.29, 0.717) is 23.0 Å². The van der Waals surface area contributed by atoms with E-state index in [1.807, 2.05) is 0 Å². The number of sulfonamides is 1. The van der Waals surface area contributed by atoms with Crippen LogP contribution < -0.4 is 9.46 Å². The Labute approximate surface area is 117 Å². The Balaban J connectivity index is 2.18. The molecule has 2 aromatic rings. The molecule has 0 unspecified atom stereocenters. The number of nitrogens with one attached hydrogen (secondary N) is 1. The first-order valence-electron chi connectivity index (χ1n) is 5.98. The highest BCUT2D eigenvalue weighted by molar-refractivity contribution is 7.89. The molecule has 0 spiro atoms. The minimum atomic E-state index is -3.61. The van der Waals surface area contributed by atoms with Crippen LogP contribution in [0, 0.1) is 13.8 Å². The Morgan fingerprint density at radius 3 is 2.65 bits per heavy atom. The van der Waals surface area contributed by atoms with E-state index in [0.717, 1.165) is 0 Å². The van der Waals surface area contributed by atoms with E-state index in [2.05, 4.69) is 9.71 Å². The molecule has 0 aliphatic heterocycles. The highest BCUT2D eigenvalue weighted by atomic mass is 32.2. The lowest BCUT2D eigenvalue weighted by Gasteiger charge is -2.09. The maximum absolute atomic E-state index is 12.2. The van der Waals surface area contributed by atoms with Crippen LogP contribution in [0.1, 0.15) is 17.2 Å². The molecule has 1 aromatic carbocycles. The van der Waals surface area contributed by atoms with Gasteiger partial charge in [0.25, 0.3) is 0 Å². The highest BCUT2D eigenvalue weighted by Crippen LogP contribution is 2.21. The van der Waals surface area contributed by atoms with Crippen LogP contribution in [0.2, 0.25) is 0 Å². The summed E-state index contributed by atoms with van der Waals surface area (Å²) in [6, 6.07) is 4.79. The van der Waals surface area contributed by atoms with Gasteiger partial charge in [0, 0.05) is 0 Å². The Morgan fingerprint density at radius 1 is 1.35 bits per heavy atom. The first kappa shape index (κ1) is 14.5. The molecule has 1 aromatic heterocycles. The largest absolute Gasteiger partial charge is 0.497 e. The van der Waals surface area contributed by atoms with Crippen molar-refractivity contribution >= 4 is 10.0 Å². The number of hydrogen-bond donors (Lipinski definition) is 1. The van der Waals surface area contributed by atoms with Gasteiger partial charge in [0.2, 0.25) is 15.9 Å². The fourth-order valence-electron chi connectivity index (χ4n) is 1.77. The standard InChI is InChI=1S/C13H16N2O4S/c1-9-6-11(18-3)4-5-12(9)20(16,17)15-8-13-14-7-10(2)19-13/h4-7,15H,8H2,1-3H3. The molecule has 0 saturated heterocycles. The lowest BCUT2D eigenvalue weighted by molar-refractivity contribution is 0.414. The van der Waals surface area contributed by atoms with Crippen LogP contribution in [0.3, 0.4) is 0 Å². The van der Waals surface area contributed by atoms with Crippen molar-refractivity contribution in [2.24, 2.45) is 0 Å². The Hall–Kier alpha value is -1.86. The summed E-state index contributed by atoms with van der Waals surface area (Å²) in [5.74, 6) is 1.59. The molecule has 0 atom stereocenters. The smallest absolute Gasteiger partial charge is 0.241 e. The van der Waals surface area contributed by atoms with Crippen molar-refractivity contribution in [2.45, 2.75) is 25.3 Å². The number of rotatable bonds is 5. The molecule has 0 aliphatic carbocycles. The fourth-order valence-corrected chi connectivity index (χ4v) is 2.97. The average molecular weight is 296 g/mol. The zero-order chi connectivity index (χ0) is 14.8. The van der Waals surface area contributed by atoms with E-state index in [-0.39, 0.29) is 11.4 Å². The van der Waals surface area contributed by atoms with Crippen LogP contribution in [-0.2, 0) is 16.6 Å². The number of aryl methyl sites for hydroxylation is 2. The fraction of sp³-hybridized carbons (Fsp3) is 0.308. The van der Waals surface area contributed by atoms with Crippen LogP contribution in [0.5, 0.6) is 5.75 Å². The van der Waals surface area contributed by atoms with Crippen molar-refractivity contribution in [3.63, 3.8) is 0 Å². The molecule has 1 heterocycles. The molecule has 6 nitrogen and oxygen atoms in total. The van der Waals surface area contributed by atoms with Crippen molar-refractivity contribution in [3.8, 4) is 5.75 Å². The number of aromatic nitrogens is 1. The van der Waals surface area contributed by atoms with Gasteiger partial charge in [0.05, 0.1) is 24.7 Å².